The van der Waals surface area contributed by atoms with E-state index >= 15 is 0 Å². The van der Waals surface area contributed by atoms with E-state index in [2.05, 4.69) is 10.3 Å². The fraction of sp³-hybridized carbons (Fsp3) is 0.0833. The van der Waals surface area contributed by atoms with Gasteiger partial charge in [0, 0.05) is 24.0 Å². The molecule has 6 nitrogen and oxygen atoms in total. The molecule has 0 amide bonds. The molecular formula is C12H10FN3O3. The van der Waals surface area contributed by atoms with Crippen molar-refractivity contribution in [1.82, 2.24) is 4.98 Å². The fourth-order valence-electron chi connectivity index (χ4n) is 1.51. The third-order valence-corrected chi connectivity index (χ3v) is 2.40. The minimum atomic E-state index is -0.546. The monoisotopic (exact) mass is 263 g/mol. The summed E-state index contributed by atoms with van der Waals surface area (Å²) in [6.45, 7) is 0. The van der Waals surface area contributed by atoms with E-state index in [9.17, 15) is 14.5 Å². The largest absolute Gasteiger partial charge is 0.494 e. The fourth-order valence-corrected chi connectivity index (χ4v) is 1.51. The van der Waals surface area contributed by atoms with Gasteiger partial charge in [-0.15, -0.1) is 0 Å². The summed E-state index contributed by atoms with van der Waals surface area (Å²) in [5, 5.41) is 13.6. The Labute approximate surface area is 108 Å². The minimum absolute atomic E-state index is 0.0450. The third kappa shape index (κ3) is 2.76. The summed E-state index contributed by atoms with van der Waals surface area (Å²) < 4.78 is 18.1. The van der Waals surface area contributed by atoms with Crippen molar-refractivity contribution in [2.75, 3.05) is 12.4 Å². The molecule has 19 heavy (non-hydrogen) atoms. The Morgan fingerprint density at radius 3 is 2.89 bits per heavy atom. The third-order valence-electron chi connectivity index (χ3n) is 2.40. The highest BCUT2D eigenvalue weighted by Gasteiger charge is 2.14. The molecule has 1 N–H and O–H groups in total. The van der Waals surface area contributed by atoms with Crippen molar-refractivity contribution in [2.24, 2.45) is 0 Å². The second kappa shape index (κ2) is 5.30. The number of ether oxygens (including phenoxy) is 1. The van der Waals surface area contributed by atoms with Crippen LogP contribution in [0.1, 0.15) is 0 Å². The van der Waals surface area contributed by atoms with E-state index in [1.165, 1.54) is 43.6 Å². The lowest BCUT2D eigenvalue weighted by Gasteiger charge is -2.08. The lowest BCUT2D eigenvalue weighted by atomic mass is 10.2. The number of benzene rings is 1. The smallest absolute Gasteiger partial charge is 0.311 e. The molecule has 0 bridgehead atoms. The van der Waals surface area contributed by atoms with Crippen LogP contribution in [0.4, 0.5) is 21.6 Å². The first kappa shape index (κ1) is 12.7. The average Bonchev–Trinajstić information content (AvgIpc) is 2.41. The Bertz CT molecular complexity index is 619. The van der Waals surface area contributed by atoms with Crippen LogP contribution in [0, 0.1) is 15.9 Å². The second-order valence-corrected chi connectivity index (χ2v) is 3.60. The summed E-state index contributed by atoms with van der Waals surface area (Å²) in [4.78, 5) is 14.2. The molecule has 0 spiro atoms. The molecule has 0 atom stereocenters. The van der Waals surface area contributed by atoms with Gasteiger partial charge in [0.05, 0.1) is 12.0 Å². The molecule has 0 aliphatic rings. The van der Waals surface area contributed by atoms with E-state index < -0.39 is 10.7 Å². The lowest BCUT2D eigenvalue weighted by molar-refractivity contribution is -0.384. The van der Waals surface area contributed by atoms with Crippen molar-refractivity contribution in [3.8, 4) is 5.75 Å². The van der Waals surface area contributed by atoms with Crippen molar-refractivity contribution in [1.29, 1.82) is 0 Å². The number of nitrogens with one attached hydrogen (secondary N) is 1. The summed E-state index contributed by atoms with van der Waals surface area (Å²) in [6.07, 6.45) is 1.43. The zero-order valence-corrected chi connectivity index (χ0v) is 9.96. The Hall–Kier alpha value is -2.70. The SMILES string of the molecule is COc1cc(Nc2ncccc2[N+](=O)[O-])ccc1F. The van der Waals surface area contributed by atoms with E-state index in [1.807, 2.05) is 0 Å². The van der Waals surface area contributed by atoms with Crippen LogP contribution in [0.25, 0.3) is 0 Å². The van der Waals surface area contributed by atoms with Crippen LogP contribution in [0.15, 0.2) is 36.5 Å². The molecule has 2 rings (SSSR count). The topological polar surface area (TPSA) is 77.3 Å². The normalized spacial score (nSPS) is 10.0. The van der Waals surface area contributed by atoms with Gasteiger partial charge in [0.25, 0.3) is 0 Å². The molecule has 1 heterocycles. The number of halogens is 1. The van der Waals surface area contributed by atoms with Gasteiger partial charge in [-0.2, -0.15) is 0 Å². The number of aromatic nitrogens is 1. The maximum Gasteiger partial charge on any atom is 0.311 e. The zero-order valence-electron chi connectivity index (χ0n) is 9.96. The van der Waals surface area contributed by atoms with Crippen LogP contribution >= 0.6 is 0 Å². The van der Waals surface area contributed by atoms with Crippen LogP contribution < -0.4 is 10.1 Å². The van der Waals surface area contributed by atoms with Crippen LogP contribution in [0.3, 0.4) is 0 Å². The molecule has 0 radical (unpaired) electrons. The first-order valence-corrected chi connectivity index (χ1v) is 5.32. The molecule has 1 aromatic heterocycles. The molecule has 0 fully saturated rings. The summed E-state index contributed by atoms with van der Waals surface area (Å²) >= 11 is 0. The lowest BCUT2D eigenvalue weighted by Crippen LogP contribution is -1.99. The summed E-state index contributed by atoms with van der Waals surface area (Å²) in [6, 6.07) is 6.84. The van der Waals surface area contributed by atoms with Crippen LogP contribution in [0.2, 0.25) is 0 Å². The van der Waals surface area contributed by atoms with Gasteiger partial charge in [0.15, 0.2) is 11.6 Å². The molecule has 0 saturated carbocycles. The second-order valence-electron chi connectivity index (χ2n) is 3.60. The van der Waals surface area contributed by atoms with Gasteiger partial charge in [0.2, 0.25) is 5.82 Å². The predicted molar refractivity (Wildman–Crippen MR) is 67.1 cm³/mol. The number of hydrogen-bond donors (Lipinski definition) is 1. The molecule has 98 valence electrons. The first-order valence-electron chi connectivity index (χ1n) is 5.32. The number of nitro groups is 1. The number of nitrogens with zero attached hydrogens (tertiary/aromatic N) is 2. The van der Waals surface area contributed by atoms with Gasteiger partial charge >= 0.3 is 5.69 Å². The Kier molecular flexibility index (Phi) is 3.56. The van der Waals surface area contributed by atoms with Crippen LogP contribution in [-0.2, 0) is 0 Å². The summed E-state index contributed by atoms with van der Waals surface area (Å²) in [5.41, 5.74) is 0.283. The number of rotatable bonds is 4. The van der Waals surface area contributed by atoms with Crippen molar-refractivity contribution in [2.45, 2.75) is 0 Å². The minimum Gasteiger partial charge on any atom is -0.494 e. The first-order chi connectivity index (χ1) is 9.11. The van der Waals surface area contributed by atoms with Gasteiger partial charge in [-0.3, -0.25) is 10.1 Å². The maximum atomic E-state index is 13.2. The number of pyridine rings is 1. The van der Waals surface area contributed by atoms with Gasteiger partial charge in [-0.05, 0) is 18.2 Å². The van der Waals surface area contributed by atoms with Crippen molar-refractivity contribution in [3.05, 3.63) is 52.5 Å². The zero-order chi connectivity index (χ0) is 13.8. The molecule has 7 heteroatoms. The molecule has 0 aliphatic carbocycles. The quantitative estimate of drug-likeness (QED) is 0.677. The average molecular weight is 263 g/mol. The molecule has 0 aliphatic heterocycles. The van der Waals surface area contributed by atoms with Gasteiger partial charge in [-0.1, -0.05) is 0 Å². The van der Waals surface area contributed by atoms with E-state index in [0.717, 1.165) is 0 Å². The Balaban J connectivity index is 2.34. The molecule has 1 aromatic carbocycles. The van der Waals surface area contributed by atoms with Gasteiger partial charge < -0.3 is 10.1 Å². The van der Waals surface area contributed by atoms with E-state index in [0.29, 0.717) is 5.69 Å². The van der Waals surface area contributed by atoms with E-state index in [-0.39, 0.29) is 17.3 Å². The van der Waals surface area contributed by atoms with Crippen molar-refractivity contribution >= 4 is 17.2 Å². The number of methoxy groups -OCH3 is 1. The van der Waals surface area contributed by atoms with Crippen molar-refractivity contribution in [3.63, 3.8) is 0 Å². The van der Waals surface area contributed by atoms with E-state index in [1.54, 1.807) is 0 Å². The highest BCUT2D eigenvalue weighted by molar-refractivity contribution is 5.66. The summed E-state index contributed by atoms with van der Waals surface area (Å²) in [7, 11) is 1.34. The molecule has 0 unspecified atom stereocenters. The van der Waals surface area contributed by atoms with Gasteiger partial charge in [-0.25, -0.2) is 9.37 Å². The number of hydrogen-bond acceptors (Lipinski definition) is 5. The molecule has 0 saturated heterocycles. The predicted octanol–water partition coefficient (Wildman–Crippen LogP) is 2.88. The standard InChI is InChI=1S/C12H10FN3O3/c1-19-11-7-8(4-5-9(11)13)15-12-10(16(17)18)3-2-6-14-12/h2-7H,1H3,(H,14,15). The Morgan fingerprint density at radius 2 is 2.21 bits per heavy atom. The van der Waals surface area contributed by atoms with Crippen LogP contribution in [0.5, 0.6) is 5.75 Å². The Morgan fingerprint density at radius 1 is 1.42 bits per heavy atom. The molecular weight excluding hydrogens is 253 g/mol. The highest BCUT2D eigenvalue weighted by Crippen LogP contribution is 2.27. The maximum absolute atomic E-state index is 13.2. The number of anilines is 2. The van der Waals surface area contributed by atoms with Gasteiger partial charge in [0.1, 0.15) is 0 Å². The van der Waals surface area contributed by atoms with Crippen molar-refractivity contribution < 1.29 is 14.1 Å². The highest BCUT2D eigenvalue weighted by atomic mass is 19.1. The molecule has 2 aromatic rings. The van der Waals surface area contributed by atoms with E-state index in [4.69, 9.17) is 4.74 Å². The van der Waals surface area contributed by atoms with Crippen LogP contribution in [-0.4, -0.2) is 17.0 Å². The summed E-state index contributed by atoms with van der Waals surface area (Å²) in [5.74, 6) is -0.381.